The Hall–Kier alpha value is -2.27. The molecule has 0 saturated carbocycles. The van der Waals surface area contributed by atoms with Crippen molar-refractivity contribution in [2.45, 2.75) is 19.3 Å². The van der Waals surface area contributed by atoms with E-state index in [-0.39, 0.29) is 5.92 Å². The van der Waals surface area contributed by atoms with E-state index < -0.39 is 5.97 Å². The van der Waals surface area contributed by atoms with Crippen LogP contribution >= 0.6 is 0 Å². The number of aliphatic carboxylic acids is 1. The Labute approximate surface area is 142 Å². The highest BCUT2D eigenvalue weighted by molar-refractivity contribution is 5.75. The van der Waals surface area contributed by atoms with Gasteiger partial charge < -0.3 is 19.0 Å². The van der Waals surface area contributed by atoms with E-state index in [9.17, 15) is 9.90 Å². The largest absolute Gasteiger partial charge is 0.481 e. The van der Waals surface area contributed by atoms with Crippen molar-refractivity contribution in [3.63, 3.8) is 0 Å². The smallest absolute Gasteiger partial charge is 0.307 e. The van der Waals surface area contributed by atoms with Crippen molar-refractivity contribution in [1.82, 2.24) is 9.47 Å². The molecule has 5 nitrogen and oxygen atoms in total. The Morgan fingerprint density at radius 3 is 2.96 bits per heavy atom. The summed E-state index contributed by atoms with van der Waals surface area (Å²) in [5.41, 5.74) is 2.20. The van der Waals surface area contributed by atoms with E-state index in [0.29, 0.717) is 6.54 Å². The fourth-order valence-corrected chi connectivity index (χ4v) is 3.36. The van der Waals surface area contributed by atoms with Gasteiger partial charge in [-0.25, -0.2) is 0 Å². The van der Waals surface area contributed by atoms with Crippen molar-refractivity contribution in [1.29, 1.82) is 0 Å². The fourth-order valence-electron chi connectivity index (χ4n) is 3.36. The molecule has 0 spiro atoms. The predicted octanol–water partition coefficient (Wildman–Crippen LogP) is 3.24. The Balaban J connectivity index is 1.68. The Morgan fingerprint density at radius 2 is 2.29 bits per heavy atom. The molecule has 1 atom stereocenters. The monoisotopic (exact) mass is 328 g/mol. The molecule has 1 aliphatic heterocycles. The molecular formula is C19H24N2O3. The van der Waals surface area contributed by atoms with Crippen LogP contribution < -0.4 is 0 Å². The molecule has 0 radical (unpaired) electrons. The predicted molar refractivity (Wildman–Crippen MR) is 92.6 cm³/mol. The highest BCUT2D eigenvalue weighted by Crippen LogP contribution is 2.25. The SMILES string of the molecule is Cn1cccc1/C(=C\CCN1CCCC(C(=O)O)C1)c1ccco1. The Bertz CT molecular complexity index is 700. The fraction of sp³-hybridized carbons (Fsp3) is 0.421. The zero-order chi connectivity index (χ0) is 16.9. The number of aromatic nitrogens is 1. The quantitative estimate of drug-likeness (QED) is 0.884. The van der Waals surface area contributed by atoms with Gasteiger partial charge in [-0.15, -0.1) is 0 Å². The lowest BCUT2D eigenvalue weighted by Gasteiger charge is -2.30. The van der Waals surface area contributed by atoms with Crippen LogP contribution in [-0.2, 0) is 11.8 Å². The minimum Gasteiger partial charge on any atom is -0.481 e. The van der Waals surface area contributed by atoms with Gasteiger partial charge in [-0.3, -0.25) is 4.79 Å². The number of carbonyl (C=O) groups is 1. The van der Waals surface area contributed by atoms with Gasteiger partial charge in [0.1, 0.15) is 5.76 Å². The molecule has 24 heavy (non-hydrogen) atoms. The van der Waals surface area contributed by atoms with Crippen molar-refractivity contribution in [2.75, 3.05) is 19.6 Å². The second-order valence-corrected chi connectivity index (χ2v) is 6.37. The first-order valence-electron chi connectivity index (χ1n) is 8.46. The summed E-state index contributed by atoms with van der Waals surface area (Å²) in [6.45, 7) is 2.51. The first-order valence-corrected chi connectivity index (χ1v) is 8.46. The van der Waals surface area contributed by atoms with Gasteiger partial charge in [0.05, 0.1) is 17.9 Å². The molecule has 1 unspecified atom stereocenters. The summed E-state index contributed by atoms with van der Waals surface area (Å²) in [6.07, 6.45) is 8.53. The third kappa shape index (κ3) is 3.79. The topological polar surface area (TPSA) is 58.6 Å². The number of rotatable bonds is 6. The van der Waals surface area contributed by atoms with E-state index in [1.807, 2.05) is 31.4 Å². The minimum absolute atomic E-state index is 0.222. The number of carboxylic acid groups (broad SMARTS) is 1. The molecule has 0 amide bonds. The van der Waals surface area contributed by atoms with Crippen molar-refractivity contribution >= 4 is 11.5 Å². The molecule has 2 aromatic rings. The van der Waals surface area contributed by atoms with E-state index in [0.717, 1.165) is 49.4 Å². The summed E-state index contributed by atoms with van der Waals surface area (Å²) in [4.78, 5) is 13.4. The molecule has 0 aromatic carbocycles. The van der Waals surface area contributed by atoms with Gasteiger partial charge in [-0.05, 0) is 50.1 Å². The summed E-state index contributed by atoms with van der Waals surface area (Å²) in [5.74, 6) is -0.0330. The number of carboxylic acids is 1. The van der Waals surface area contributed by atoms with Crippen molar-refractivity contribution in [2.24, 2.45) is 13.0 Å². The maximum absolute atomic E-state index is 11.2. The van der Waals surface area contributed by atoms with Crippen molar-refractivity contribution < 1.29 is 14.3 Å². The van der Waals surface area contributed by atoms with E-state index >= 15 is 0 Å². The highest BCUT2D eigenvalue weighted by atomic mass is 16.4. The van der Waals surface area contributed by atoms with Crippen LogP contribution in [-0.4, -0.2) is 40.2 Å². The maximum atomic E-state index is 11.2. The lowest BCUT2D eigenvalue weighted by atomic mass is 9.98. The number of furan rings is 1. The number of piperidine rings is 1. The lowest BCUT2D eigenvalue weighted by Crippen LogP contribution is -2.39. The molecule has 128 valence electrons. The third-order valence-electron chi connectivity index (χ3n) is 4.65. The van der Waals surface area contributed by atoms with E-state index in [2.05, 4.69) is 21.6 Å². The Kier molecular flexibility index (Phi) is 5.20. The average molecular weight is 328 g/mol. The molecule has 3 heterocycles. The molecule has 1 aliphatic rings. The number of aryl methyl sites for hydroxylation is 1. The standard InChI is InChI=1S/C19H24N2O3/c1-20-10-4-8-17(20)16(18-9-5-13-24-18)7-3-12-21-11-2-6-15(14-21)19(22)23/h4-5,7-10,13,15H,2-3,6,11-12,14H2,1H3,(H,22,23)/b16-7+. The molecule has 1 N–H and O–H groups in total. The van der Waals surface area contributed by atoms with Crippen LogP contribution in [0.4, 0.5) is 0 Å². The number of likely N-dealkylation sites (tertiary alicyclic amines) is 1. The van der Waals surface area contributed by atoms with E-state index in [1.165, 1.54) is 0 Å². The first-order chi connectivity index (χ1) is 11.6. The Morgan fingerprint density at radius 1 is 1.42 bits per heavy atom. The summed E-state index contributed by atoms with van der Waals surface area (Å²) >= 11 is 0. The maximum Gasteiger partial charge on any atom is 0.307 e. The molecular weight excluding hydrogens is 304 g/mol. The van der Waals surface area contributed by atoms with Gasteiger partial charge in [0.2, 0.25) is 0 Å². The van der Waals surface area contributed by atoms with Crippen molar-refractivity contribution in [3.8, 4) is 0 Å². The second kappa shape index (κ2) is 7.53. The lowest BCUT2D eigenvalue weighted by molar-refractivity contribution is -0.143. The molecule has 1 fully saturated rings. The van der Waals surface area contributed by atoms with Gasteiger partial charge in [0, 0.05) is 31.9 Å². The third-order valence-corrected chi connectivity index (χ3v) is 4.65. The number of hydrogen-bond donors (Lipinski definition) is 1. The van der Waals surface area contributed by atoms with Crippen LogP contribution in [0.3, 0.4) is 0 Å². The normalized spacial score (nSPS) is 19.5. The van der Waals surface area contributed by atoms with Gasteiger partial charge >= 0.3 is 5.97 Å². The number of nitrogens with zero attached hydrogens (tertiary/aromatic N) is 2. The van der Waals surface area contributed by atoms with Crippen LogP contribution in [0, 0.1) is 5.92 Å². The van der Waals surface area contributed by atoms with Gasteiger partial charge in [0.15, 0.2) is 0 Å². The summed E-state index contributed by atoms with van der Waals surface area (Å²) < 4.78 is 7.67. The van der Waals surface area contributed by atoms with Crippen LogP contribution in [0.2, 0.25) is 0 Å². The van der Waals surface area contributed by atoms with Crippen LogP contribution in [0.25, 0.3) is 5.57 Å². The first kappa shape index (κ1) is 16.6. The second-order valence-electron chi connectivity index (χ2n) is 6.37. The van der Waals surface area contributed by atoms with Crippen molar-refractivity contribution in [3.05, 3.63) is 54.3 Å². The van der Waals surface area contributed by atoms with E-state index in [4.69, 9.17) is 4.42 Å². The molecule has 0 bridgehead atoms. The minimum atomic E-state index is -0.671. The summed E-state index contributed by atoms with van der Waals surface area (Å²) in [6, 6.07) is 7.97. The molecule has 2 aromatic heterocycles. The van der Waals surface area contributed by atoms with Gasteiger partial charge in [-0.1, -0.05) is 6.08 Å². The van der Waals surface area contributed by atoms with Crippen LogP contribution in [0.1, 0.15) is 30.7 Å². The summed E-state index contributed by atoms with van der Waals surface area (Å²) in [5, 5.41) is 9.20. The molecule has 3 rings (SSSR count). The van der Waals surface area contributed by atoms with Gasteiger partial charge in [0.25, 0.3) is 0 Å². The van der Waals surface area contributed by atoms with Crippen LogP contribution in [0.15, 0.2) is 47.2 Å². The zero-order valence-electron chi connectivity index (χ0n) is 14.0. The molecule has 0 aliphatic carbocycles. The van der Waals surface area contributed by atoms with Gasteiger partial charge in [-0.2, -0.15) is 0 Å². The van der Waals surface area contributed by atoms with E-state index in [1.54, 1.807) is 6.26 Å². The summed E-state index contributed by atoms with van der Waals surface area (Å²) in [7, 11) is 2.02. The molecule has 1 saturated heterocycles. The average Bonchev–Trinajstić information content (AvgIpc) is 3.24. The molecule has 5 heteroatoms. The number of hydrogen-bond acceptors (Lipinski definition) is 3. The van der Waals surface area contributed by atoms with Crippen LogP contribution in [0.5, 0.6) is 0 Å². The zero-order valence-corrected chi connectivity index (χ0v) is 14.0. The highest BCUT2D eigenvalue weighted by Gasteiger charge is 2.24.